The number of pyridine rings is 1. The van der Waals surface area contributed by atoms with Crippen molar-refractivity contribution in [2.75, 3.05) is 5.32 Å². The average molecular weight is 273 g/mol. The van der Waals surface area contributed by atoms with Crippen molar-refractivity contribution in [1.29, 1.82) is 0 Å². The van der Waals surface area contributed by atoms with Gasteiger partial charge in [-0.1, -0.05) is 11.6 Å². The number of benzene rings is 1. The van der Waals surface area contributed by atoms with Crippen molar-refractivity contribution in [1.82, 2.24) is 4.98 Å². The number of carbonyl (C=O) groups is 1. The summed E-state index contributed by atoms with van der Waals surface area (Å²) in [6.07, 6.45) is 4.51. The molecule has 1 amide bonds. The first-order valence-electron chi connectivity index (χ1n) is 5.62. The first kappa shape index (κ1) is 11.7. The Morgan fingerprint density at radius 3 is 2.95 bits per heavy atom. The second-order valence-corrected chi connectivity index (χ2v) is 4.37. The summed E-state index contributed by atoms with van der Waals surface area (Å²) in [5.41, 5.74) is 1.79. The number of furan rings is 1. The van der Waals surface area contributed by atoms with Crippen LogP contribution in [0.4, 0.5) is 5.69 Å². The zero-order valence-corrected chi connectivity index (χ0v) is 10.5. The molecule has 4 nitrogen and oxygen atoms in total. The fourth-order valence-electron chi connectivity index (χ4n) is 1.84. The van der Waals surface area contributed by atoms with E-state index >= 15 is 0 Å². The zero-order valence-electron chi connectivity index (χ0n) is 9.76. The van der Waals surface area contributed by atoms with Crippen LogP contribution in [0, 0.1) is 0 Å². The molecule has 19 heavy (non-hydrogen) atoms. The molecule has 0 saturated carbocycles. The zero-order chi connectivity index (χ0) is 13.2. The molecule has 2 aromatic heterocycles. The summed E-state index contributed by atoms with van der Waals surface area (Å²) in [6, 6.07) is 8.73. The molecule has 0 saturated heterocycles. The lowest BCUT2D eigenvalue weighted by Crippen LogP contribution is -2.11. The normalized spacial score (nSPS) is 10.6. The lowest BCUT2D eigenvalue weighted by atomic mass is 10.1. The van der Waals surface area contributed by atoms with E-state index in [1.807, 2.05) is 6.07 Å². The highest BCUT2D eigenvalue weighted by molar-refractivity contribution is 6.35. The molecule has 0 spiro atoms. The van der Waals surface area contributed by atoms with Crippen LogP contribution in [-0.2, 0) is 0 Å². The van der Waals surface area contributed by atoms with Crippen LogP contribution < -0.4 is 5.32 Å². The van der Waals surface area contributed by atoms with Crippen LogP contribution in [0.3, 0.4) is 0 Å². The molecule has 0 atom stereocenters. The molecular formula is C14H9ClN2O2. The lowest BCUT2D eigenvalue weighted by molar-refractivity contribution is 0.102. The van der Waals surface area contributed by atoms with Crippen molar-refractivity contribution in [2.24, 2.45) is 0 Å². The third kappa shape index (κ3) is 2.18. The number of amides is 1. The van der Waals surface area contributed by atoms with Crippen molar-refractivity contribution in [3.63, 3.8) is 0 Å². The molecule has 0 radical (unpaired) electrons. The fourth-order valence-corrected chi connectivity index (χ4v) is 2.05. The largest absolute Gasteiger partial charge is 0.472 e. The number of hydrogen-bond acceptors (Lipinski definition) is 3. The Morgan fingerprint density at radius 2 is 2.16 bits per heavy atom. The minimum atomic E-state index is -0.235. The molecular weight excluding hydrogens is 264 g/mol. The van der Waals surface area contributed by atoms with Gasteiger partial charge < -0.3 is 9.73 Å². The van der Waals surface area contributed by atoms with E-state index in [1.54, 1.807) is 30.5 Å². The van der Waals surface area contributed by atoms with Gasteiger partial charge in [-0.25, -0.2) is 0 Å². The van der Waals surface area contributed by atoms with Gasteiger partial charge in [0.25, 0.3) is 5.91 Å². The summed E-state index contributed by atoms with van der Waals surface area (Å²) in [5.74, 6) is -0.235. The van der Waals surface area contributed by atoms with Gasteiger partial charge in [-0.3, -0.25) is 9.78 Å². The van der Waals surface area contributed by atoms with Crippen molar-refractivity contribution in [2.45, 2.75) is 0 Å². The number of nitrogens with zero attached hydrogens (tertiary/aromatic N) is 1. The van der Waals surface area contributed by atoms with Crippen LogP contribution in [0.1, 0.15) is 10.4 Å². The summed E-state index contributed by atoms with van der Waals surface area (Å²) in [7, 11) is 0. The summed E-state index contributed by atoms with van der Waals surface area (Å²) in [4.78, 5) is 16.2. The SMILES string of the molecule is O=C(Nc1ccc(Cl)c2ncccc12)c1ccoc1. The second-order valence-electron chi connectivity index (χ2n) is 3.96. The highest BCUT2D eigenvalue weighted by atomic mass is 35.5. The minimum Gasteiger partial charge on any atom is -0.472 e. The van der Waals surface area contributed by atoms with E-state index < -0.39 is 0 Å². The highest BCUT2D eigenvalue weighted by Crippen LogP contribution is 2.28. The molecule has 5 heteroatoms. The van der Waals surface area contributed by atoms with E-state index in [-0.39, 0.29) is 5.91 Å². The minimum absolute atomic E-state index is 0.235. The molecule has 3 rings (SSSR count). The van der Waals surface area contributed by atoms with Crippen LogP contribution in [0.2, 0.25) is 5.02 Å². The van der Waals surface area contributed by atoms with E-state index in [9.17, 15) is 4.79 Å². The standard InChI is InChI=1S/C14H9ClN2O2/c15-11-3-4-12(10-2-1-6-16-13(10)11)17-14(18)9-5-7-19-8-9/h1-8H,(H,17,18). The summed E-state index contributed by atoms with van der Waals surface area (Å²) in [5, 5.41) is 4.17. The predicted octanol–water partition coefficient (Wildman–Crippen LogP) is 3.73. The molecule has 0 aliphatic carbocycles. The van der Waals surface area contributed by atoms with Crippen LogP contribution in [0.25, 0.3) is 10.9 Å². The van der Waals surface area contributed by atoms with E-state index in [0.717, 1.165) is 5.39 Å². The lowest BCUT2D eigenvalue weighted by Gasteiger charge is -2.08. The molecule has 2 heterocycles. The van der Waals surface area contributed by atoms with Crippen LogP contribution in [0.15, 0.2) is 53.5 Å². The number of aromatic nitrogens is 1. The molecule has 0 aliphatic rings. The summed E-state index contributed by atoms with van der Waals surface area (Å²) in [6.45, 7) is 0. The third-order valence-electron chi connectivity index (χ3n) is 2.75. The smallest absolute Gasteiger partial charge is 0.258 e. The Labute approximate surface area is 114 Å². The first-order chi connectivity index (χ1) is 9.25. The Bertz CT molecular complexity index is 738. The van der Waals surface area contributed by atoms with Crippen molar-refractivity contribution in [3.05, 3.63) is 59.6 Å². The molecule has 1 N–H and O–H groups in total. The fraction of sp³-hybridized carbons (Fsp3) is 0. The molecule has 0 fully saturated rings. The average Bonchev–Trinajstić information content (AvgIpc) is 2.96. The molecule has 0 unspecified atom stereocenters. The van der Waals surface area contributed by atoms with E-state index in [0.29, 0.717) is 21.8 Å². The Balaban J connectivity index is 2.02. The topological polar surface area (TPSA) is 55.1 Å². The van der Waals surface area contributed by atoms with E-state index in [2.05, 4.69) is 10.3 Å². The van der Waals surface area contributed by atoms with Crippen LogP contribution in [-0.4, -0.2) is 10.9 Å². The van der Waals surface area contributed by atoms with Gasteiger partial charge in [0.2, 0.25) is 0 Å². The van der Waals surface area contributed by atoms with Crippen molar-refractivity contribution >= 4 is 34.1 Å². The van der Waals surface area contributed by atoms with Gasteiger partial charge in [-0.15, -0.1) is 0 Å². The first-order valence-corrected chi connectivity index (χ1v) is 6.00. The van der Waals surface area contributed by atoms with Gasteiger partial charge in [0.15, 0.2) is 0 Å². The molecule has 3 aromatic rings. The Kier molecular flexibility index (Phi) is 2.93. The maximum absolute atomic E-state index is 12.0. The van der Waals surface area contributed by atoms with Crippen molar-refractivity contribution < 1.29 is 9.21 Å². The summed E-state index contributed by atoms with van der Waals surface area (Å²) >= 11 is 6.07. The number of fused-ring (bicyclic) bond motifs is 1. The van der Waals surface area contributed by atoms with E-state index in [4.69, 9.17) is 16.0 Å². The monoisotopic (exact) mass is 272 g/mol. The maximum Gasteiger partial charge on any atom is 0.258 e. The van der Waals surface area contributed by atoms with Gasteiger partial charge in [-0.2, -0.15) is 0 Å². The van der Waals surface area contributed by atoms with Gasteiger partial charge in [-0.05, 0) is 30.3 Å². The van der Waals surface area contributed by atoms with Gasteiger partial charge >= 0.3 is 0 Å². The van der Waals surface area contributed by atoms with Crippen LogP contribution in [0.5, 0.6) is 0 Å². The van der Waals surface area contributed by atoms with Gasteiger partial charge in [0.05, 0.1) is 28.1 Å². The van der Waals surface area contributed by atoms with Crippen molar-refractivity contribution in [3.8, 4) is 0 Å². The number of halogens is 1. The quantitative estimate of drug-likeness (QED) is 0.773. The predicted molar refractivity (Wildman–Crippen MR) is 73.4 cm³/mol. The molecule has 1 aromatic carbocycles. The van der Waals surface area contributed by atoms with Gasteiger partial charge in [0, 0.05) is 11.6 Å². The van der Waals surface area contributed by atoms with Gasteiger partial charge in [0.1, 0.15) is 6.26 Å². The summed E-state index contributed by atoms with van der Waals surface area (Å²) < 4.78 is 4.89. The molecule has 94 valence electrons. The van der Waals surface area contributed by atoms with Crippen LogP contribution >= 0.6 is 11.6 Å². The number of rotatable bonds is 2. The Morgan fingerprint density at radius 1 is 1.26 bits per heavy atom. The molecule has 0 bridgehead atoms. The molecule has 0 aliphatic heterocycles. The number of nitrogens with one attached hydrogen (secondary N) is 1. The highest BCUT2D eigenvalue weighted by Gasteiger charge is 2.11. The van der Waals surface area contributed by atoms with E-state index in [1.165, 1.54) is 12.5 Å². The third-order valence-corrected chi connectivity index (χ3v) is 3.06. The number of anilines is 1. The number of carbonyl (C=O) groups excluding carboxylic acids is 1. The maximum atomic E-state index is 12.0. The number of hydrogen-bond donors (Lipinski definition) is 1. The Hall–Kier alpha value is -2.33. The second kappa shape index (κ2) is 4.74.